The summed E-state index contributed by atoms with van der Waals surface area (Å²) in [4.78, 5) is 10.7. The van der Waals surface area contributed by atoms with E-state index in [4.69, 9.17) is 4.74 Å². The summed E-state index contributed by atoms with van der Waals surface area (Å²) >= 11 is 3.37. The summed E-state index contributed by atoms with van der Waals surface area (Å²) in [5.74, 6) is 0.687. The Morgan fingerprint density at radius 1 is 1.40 bits per heavy atom. The maximum Gasteiger partial charge on any atom is 0.273 e. The quantitative estimate of drug-likeness (QED) is 0.661. The van der Waals surface area contributed by atoms with Crippen molar-refractivity contribution < 1.29 is 9.66 Å². The molecule has 1 saturated carbocycles. The van der Waals surface area contributed by atoms with Crippen LogP contribution < -0.4 is 5.32 Å². The molecule has 3 rings (SSSR count). The minimum absolute atomic E-state index is 0.169. The Hall–Kier alpha value is -0.980. The molecule has 108 valence electrons. The number of ether oxygens (including phenoxy) is 1. The lowest BCUT2D eigenvalue weighted by atomic mass is 10.1. The molecule has 0 radical (unpaired) electrons. The fourth-order valence-corrected chi connectivity index (χ4v) is 3.24. The van der Waals surface area contributed by atoms with Gasteiger partial charge in [-0.25, -0.2) is 0 Å². The average molecular weight is 341 g/mol. The molecule has 20 heavy (non-hydrogen) atoms. The van der Waals surface area contributed by atoms with E-state index in [9.17, 15) is 10.1 Å². The van der Waals surface area contributed by atoms with Gasteiger partial charge in [-0.05, 0) is 37.3 Å². The van der Waals surface area contributed by atoms with Crippen molar-refractivity contribution in [1.82, 2.24) is 5.32 Å². The molecule has 1 aromatic rings. The molecule has 0 bridgehead atoms. The minimum Gasteiger partial charge on any atom is -0.376 e. The van der Waals surface area contributed by atoms with Crippen molar-refractivity contribution >= 4 is 21.6 Å². The van der Waals surface area contributed by atoms with Crippen LogP contribution in [0.1, 0.15) is 24.8 Å². The molecule has 6 heteroatoms. The predicted octanol–water partition coefficient (Wildman–Crippen LogP) is 3.01. The third-order valence-electron chi connectivity index (χ3n) is 4.02. The second kappa shape index (κ2) is 5.79. The summed E-state index contributed by atoms with van der Waals surface area (Å²) in [5, 5.41) is 14.5. The van der Waals surface area contributed by atoms with Crippen LogP contribution in [0.15, 0.2) is 22.7 Å². The van der Waals surface area contributed by atoms with Gasteiger partial charge in [0.2, 0.25) is 0 Å². The number of hydrogen-bond acceptors (Lipinski definition) is 4. The number of halogens is 1. The van der Waals surface area contributed by atoms with Crippen LogP contribution in [0.2, 0.25) is 0 Å². The number of nitrogens with zero attached hydrogens (tertiary/aromatic N) is 1. The Morgan fingerprint density at radius 2 is 2.20 bits per heavy atom. The number of nitrogens with one attached hydrogen (secondary N) is 1. The lowest BCUT2D eigenvalue weighted by molar-refractivity contribution is -0.385. The number of nitro groups is 1. The van der Waals surface area contributed by atoms with E-state index in [0.717, 1.165) is 17.5 Å². The first kappa shape index (κ1) is 14.0. The first-order valence-electron chi connectivity index (χ1n) is 6.93. The van der Waals surface area contributed by atoms with Gasteiger partial charge < -0.3 is 10.1 Å². The molecule has 1 saturated heterocycles. The van der Waals surface area contributed by atoms with E-state index in [2.05, 4.69) is 21.2 Å². The van der Waals surface area contributed by atoms with E-state index >= 15 is 0 Å². The normalized spacial score (nSPS) is 25.9. The fourth-order valence-electron chi connectivity index (χ4n) is 2.83. The Bertz CT molecular complexity index is 519. The Balaban J connectivity index is 1.68. The van der Waals surface area contributed by atoms with Gasteiger partial charge in [-0.15, -0.1) is 0 Å². The van der Waals surface area contributed by atoms with Gasteiger partial charge in [-0.1, -0.05) is 15.9 Å². The Labute approximate surface area is 126 Å². The monoisotopic (exact) mass is 340 g/mol. The first-order chi connectivity index (χ1) is 9.65. The molecule has 1 aromatic carbocycles. The highest BCUT2D eigenvalue weighted by Gasteiger charge is 2.40. The highest BCUT2D eigenvalue weighted by Crippen LogP contribution is 2.39. The van der Waals surface area contributed by atoms with Gasteiger partial charge in [0.1, 0.15) is 0 Å². The van der Waals surface area contributed by atoms with Gasteiger partial charge >= 0.3 is 0 Å². The molecule has 1 aliphatic heterocycles. The van der Waals surface area contributed by atoms with E-state index in [1.807, 2.05) is 6.07 Å². The molecule has 1 aliphatic carbocycles. The number of rotatable bonds is 5. The van der Waals surface area contributed by atoms with Gasteiger partial charge in [-0.2, -0.15) is 0 Å². The Kier molecular flexibility index (Phi) is 4.05. The summed E-state index contributed by atoms with van der Waals surface area (Å²) in [7, 11) is 0. The van der Waals surface area contributed by atoms with Crippen molar-refractivity contribution in [3.8, 4) is 0 Å². The van der Waals surface area contributed by atoms with E-state index in [0.29, 0.717) is 30.2 Å². The van der Waals surface area contributed by atoms with Crippen LogP contribution in [0.25, 0.3) is 0 Å². The van der Waals surface area contributed by atoms with Crippen LogP contribution in [0.3, 0.4) is 0 Å². The summed E-state index contributed by atoms with van der Waals surface area (Å²) in [6.45, 7) is 1.30. The largest absolute Gasteiger partial charge is 0.376 e. The second-order valence-corrected chi connectivity index (χ2v) is 6.39. The lowest BCUT2D eigenvalue weighted by Gasteiger charge is -2.19. The molecular formula is C14H17BrN2O3. The van der Waals surface area contributed by atoms with Gasteiger partial charge in [0.05, 0.1) is 11.0 Å². The van der Waals surface area contributed by atoms with Crippen LogP contribution in [0, 0.1) is 16.0 Å². The van der Waals surface area contributed by atoms with Gasteiger partial charge in [-0.3, -0.25) is 10.1 Å². The molecule has 5 nitrogen and oxygen atoms in total. The van der Waals surface area contributed by atoms with Crippen LogP contribution >= 0.6 is 15.9 Å². The van der Waals surface area contributed by atoms with Crippen molar-refractivity contribution in [2.24, 2.45) is 5.92 Å². The zero-order chi connectivity index (χ0) is 14.1. The lowest BCUT2D eigenvalue weighted by Crippen LogP contribution is -2.37. The van der Waals surface area contributed by atoms with Crippen LogP contribution in [0.4, 0.5) is 5.69 Å². The van der Waals surface area contributed by atoms with Crippen LogP contribution in [-0.2, 0) is 11.3 Å². The van der Waals surface area contributed by atoms with Crippen LogP contribution in [-0.4, -0.2) is 23.7 Å². The fraction of sp³-hybridized carbons (Fsp3) is 0.571. The van der Waals surface area contributed by atoms with Crippen molar-refractivity contribution in [1.29, 1.82) is 0 Å². The van der Waals surface area contributed by atoms with E-state index < -0.39 is 0 Å². The smallest absolute Gasteiger partial charge is 0.273 e. The number of nitro benzene ring substituents is 1. The highest BCUT2D eigenvalue weighted by atomic mass is 79.9. The second-order valence-electron chi connectivity index (χ2n) is 5.48. The number of hydrogen-bond donors (Lipinski definition) is 1. The topological polar surface area (TPSA) is 64.4 Å². The van der Waals surface area contributed by atoms with E-state index in [-0.39, 0.29) is 10.6 Å². The zero-order valence-electron chi connectivity index (χ0n) is 11.0. The third kappa shape index (κ3) is 3.02. The van der Waals surface area contributed by atoms with E-state index in [1.54, 1.807) is 12.1 Å². The molecule has 2 atom stereocenters. The molecule has 0 spiro atoms. The molecule has 1 N–H and O–H groups in total. The molecule has 0 aromatic heterocycles. The van der Waals surface area contributed by atoms with Crippen molar-refractivity contribution in [2.75, 3.05) is 6.61 Å². The maximum absolute atomic E-state index is 11.0. The average Bonchev–Trinajstić information content (AvgIpc) is 3.15. The van der Waals surface area contributed by atoms with Crippen molar-refractivity contribution in [2.45, 2.75) is 38.0 Å². The summed E-state index contributed by atoms with van der Waals surface area (Å²) < 4.78 is 6.64. The van der Waals surface area contributed by atoms with Gasteiger partial charge in [0.25, 0.3) is 5.69 Å². The SMILES string of the molecule is O=[N+]([O-])c1ccc(Br)cc1CNC1CCOC1C1CC1. The highest BCUT2D eigenvalue weighted by molar-refractivity contribution is 9.10. The van der Waals surface area contributed by atoms with Crippen molar-refractivity contribution in [3.05, 3.63) is 38.3 Å². The minimum atomic E-state index is -0.326. The molecule has 2 fully saturated rings. The van der Waals surface area contributed by atoms with Gasteiger partial charge in [0, 0.05) is 35.3 Å². The zero-order valence-corrected chi connectivity index (χ0v) is 12.6. The van der Waals surface area contributed by atoms with Gasteiger partial charge in [0.15, 0.2) is 0 Å². The summed E-state index contributed by atoms with van der Waals surface area (Å²) in [6, 6.07) is 5.38. The molecule has 1 heterocycles. The first-order valence-corrected chi connectivity index (χ1v) is 7.72. The molecule has 0 amide bonds. The summed E-state index contributed by atoms with van der Waals surface area (Å²) in [6.07, 6.45) is 3.78. The standard InChI is InChI=1S/C14H17BrN2O3/c15-11-3-4-13(17(18)19)10(7-11)8-16-12-5-6-20-14(12)9-1-2-9/h3-4,7,9,12,14,16H,1-2,5-6,8H2. The molecular weight excluding hydrogens is 324 g/mol. The molecule has 2 unspecified atom stereocenters. The van der Waals surface area contributed by atoms with Crippen LogP contribution in [0.5, 0.6) is 0 Å². The predicted molar refractivity (Wildman–Crippen MR) is 78.5 cm³/mol. The Morgan fingerprint density at radius 3 is 2.90 bits per heavy atom. The third-order valence-corrected chi connectivity index (χ3v) is 4.51. The maximum atomic E-state index is 11.0. The molecule has 2 aliphatic rings. The summed E-state index contributed by atoms with van der Waals surface area (Å²) in [5.41, 5.74) is 0.883. The number of benzene rings is 1. The van der Waals surface area contributed by atoms with E-state index in [1.165, 1.54) is 12.8 Å². The van der Waals surface area contributed by atoms with Crippen molar-refractivity contribution in [3.63, 3.8) is 0 Å².